The van der Waals surface area contributed by atoms with Gasteiger partial charge in [0.1, 0.15) is 0 Å². The van der Waals surface area contributed by atoms with Crippen molar-refractivity contribution in [1.82, 2.24) is 0 Å². The van der Waals surface area contributed by atoms with Crippen LogP contribution in [0.1, 0.15) is 31.2 Å². The van der Waals surface area contributed by atoms with Gasteiger partial charge in [-0.2, -0.15) is 0 Å². The van der Waals surface area contributed by atoms with Gasteiger partial charge < -0.3 is 10.0 Å². The highest BCUT2D eigenvalue weighted by atomic mass is 16.4. The SMILES string of the molecule is O=C(O)CCC1Cc2ccccc2N1CC1CC1. The summed E-state index contributed by atoms with van der Waals surface area (Å²) >= 11 is 0. The Morgan fingerprint density at radius 2 is 2.11 bits per heavy atom. The van der Waals surface area contributed by atoms with Gasteiger partial charge in [0.05, 0.1) is 0 Å². The number of hydrogen-bond acceptors (Lipinski definition) is 2. The quantitative estimate of drug-likeness (QED) is 0.867. The fourth-order valence-electron chi connectivity index (χ4n) is 2.90. The molecule has 3 heteroatoms. The van der Waals surface area contributed by atoms with Crippen LogP contribution in [0.4, 0.5) is 5.69 Å². The monoisotopic (exact) mass is 245 g/mol. The van der Waals surface area contributed by atoms with E-state index < -0.39 is 5.97 Å². The minimum Gasteiger partial charge on any atom is -0.481 e. The van der Waals surface area contributed by atoms with Gasteiger partial charge in [0, 0.05) is 24.7 Å². The molecule has 0 aromatic heterocycles. The van der Waals surface area contributed by atoms with Crippen molar-refractivity contribution in [1.29, 1.82) is 0 Å². The van der Waals surface area contributed by atoms with Gasteiger partial charge in [0.15, 0.2) is 0 Å². The largest absolute Gasteiger partial charge is 0.481 e. The van der Waals surface area contributed by atoms with E-state index in [9.17, 15) is 4.79 Å². The number of carboxylic acids is 1. The molecule has 1 aliphatic carbocycles. The zero-order valence-corrected chi connectivity index (χ0v) is 10.5. The highest BCUT2D eigenvalue weighted by molar-refractivity contribution is 5.67. The van der Waals surface area contributed by atoms with Gasteiger partial charge in [-0.15, -0.1) is 0 Å². The minimum atomic E-state index is -0.683. The first-order valence-electron chi connectivity index (χ1n) is 6.80. The van der Waals surface area contributed by atoms with E-state index in [2.05, 4.69) is 29.2 Å². The van der Waals surface area contributed by atoms with E-state index in [0.717, 1.165) is 25.3 Å². The summed E-state index contributed by atoms with van der Waals surface area (Å²) in [6.45, 7) is 1.11. The van der Waals surface area contributed by atoms with Crippen molar-refractivity contribution in [2.24, 2.45) is 5.92 Å². The second-order valence-electron chi connectivity index (χ2n) is 5.51. The molecule has 0 radical (unpaired) electrons. The van der Waals surface area contributed by atoms with Gasteiger partial charge in [-0.3, -0.25) is 4.79 Å². The van der Waals surface area contributed by atoms with Crippen molar-refractivity contribution in [3.63, 3.8) is 0 Å². The highest BCUT2D eigenvalue weighted by Crippen LogP contribution is 2.38. The Hall–Kier alpha value is -1.51. The second-order valence-corrected chi connectivity index (χ2v) is 5.51. The standard InChI is InChI=1S/C15H19NO2/c17-15(18)8-7-13-9-12-3-1-2-4-14(12)16(13)10-11-5-6-11/h1-4,11,13H,5-10H2,(H,17,18). The molecule has 0 saturated heterocycles. The molecular weight excluding hydrogens is 226 g/mol. The van der Waals surface area contributed by atoms with Crippen LogP contribution in [0.2, 0.25) is 0 Å². The molecule has 1 atom stereocenters. The van der Waals surface area contributed by atoms with E-state index in [1.807, 2.05) is 0 Å². The third-order valence-electron chi connectivity index (χ3n) is 4.04. The Morgan fingerprint density at radius 3 is 2.83 bits per heavy atom. The van der Waals surface area contributed by atoms with Gasteiger partial charge in [-0.1, -0.05) is 18.2 Å². The average Bonchev–Trinajstić information content (AvgIpc) is 3.09. The number of nitrogens with zero attached hydrogens (tertiary/aromatic N) is 1. The molecule has 1 unspecified atom stereocenters. The first-order valence-corrected chi connectivity index (χ1v) is 6.80. The highest BCUT2D eigenvalue weighted by Gasteiger charge is 2.33. The molecule has 1 N–H and O–H groups in total. The number of rotatable bonds is 5. The first kappa shape index (κ1) is 11.6. The van der Waals surface area contributed by atoms with Gasteiger partial charge in [-0.25, -0.2) is 0 Å². The summed E-state index contributed by atoms with van der Waals surface area (Å²) < 4.78 is 0. The fraction of sp³-hybridized carbons (Fsp3) is 0.533. The number of carbonyl (C=O) groups is 1. The Labute approximate surface area is 107 Å². The Bertz CT molecular complexity index is 454. The summed E-state index contributed by atoms with van der Waals surface area (Å²) in [5, 5.41) is 8.85. The number of para-hydroxylation sites is 1. The Balaban J connectivity index is 1.75. The third-order valence-corrected chi connectivity index (χ3v) is 4.04. The molecule has 2 aliphatic rings. The molecule has 3 nitrogen and oxygen atoms in total. The minimum absolute atomic E-state index is 0.278. The second kappa shape index (κ2) is 4.63. The smallest absolute Gasteiger partial charge is 0.303 e. The van der Waals surface area contributed by atoms with Crippen LogP contribution in [-0.4, -0.2) is 23.7 Å². The van der Waals surface area contributed by atoms with Crippen LogP contribution < -0.4 is 4.90 Å². The molecule has 1 saturated carbocycles. The van der Waals surface area contributed by atoms with E-state index in [0.29, 0.717) is 6.04 Å². The van der Waals surface area contributed by atoms with Crippen LogP contribution in [0.25, 0.3) is 0 Å². The molecule has 1 fully saturated rings. The number of aliphatic carboxylic acids is 1. The van der Waals surface area contributed by atoms with E-state index in [4.69, 9.17) is 5.11 Å². The molecule has 1 aliphatic heterocycles. The maximum atomic E-state index is 10.8. The van der Waals surface area contributed by atoms with Crippen molar-refractivity contribution < 1.29 is 9.90 Å². The molecule has 1 aromatic rings. The summed E-state index contributed by atoms with van der Waals surface area (Å²) in [5.74, 6) is 0.154. The van der Waals surface area contributed by atoms with E-state index >= 15 is 0 Å². The number of hydrogen-bond donors (Lipinski definition) is 1. The molecular formula is C15H19NO2. The van der Waals surface area contributed by atoms with Crippen LogP contribution in [0, 0.1) is 5.92 Å². The molecule has 0 spiro atoms. The fourth-order valence-corrected chi connectivity index (χ4v) is 2.90. The lowest BCUT2D eigenvalue weighted by Crippen LogP contribution is -2.34. The number of carboxylic acid groups (broad SMARTS) is 1. The zero-order valence-electron chi connectivity index (χ0n) is 10.5. The summed E-state index contributed by atoms with van der Waals surface area (Å²) in [6.07, 6.45) is 4.72. The zero-order chi connectivity index (χ0) is 12.5. The van der Waals surface area contributed by atoms with Crippen molar-refractivity contribution >= 4 is 11.7 Å². The number of fused-ring (bicyclic) bond motifs is 1. The predicted molar refractivity (Wildman–Crippen MR) is 70.9 cm³/mol. The lowest BCUT2D eigenvalue weighted by Gasteiger charge is -2.27. The van der Waals surface area contributed by atoms with Crippen molar-refractivity contribution in [2.45, 2.75) is 38.1 Å². The molecule has 1 aromatic carbocycles. The molecule has 18 heavy (non-hydrogen) atoms. The lowest BCUT2D eigenvalue weighted by atomic mass is 10.1. The van der Waals surface area contributed by atoms with Crippen molar-refractivity contribution in [3.05, 3.63) is 29.8 Å². The Kier molecular flexibility index (Phi) is 2.98. The van der Waals surface area contributed by atoms with Crippen LogP contribution in [0.15, 0.2) is 24.3 Å². The van der Waals surface area contributed by atoms with E-state index in [1.165, 1.54) is 24.1 Å². The van der Waals surface area contributed by atoms with Crippen LogP contribution in [0.3, 0.4) is 0 Å². The molecule has 96 valence electrons. The first-order chi connectivity index (χ1) is 8.74. The maximum absolute atomic E-state index is 10.8. The van der Waals surface area contributed by atoms with Crippen molar-refractivity contribution in [3.8, 4) is 0 Å². The topological polar surface area (TPSA) is 40.5 Å². The lowest BCUT2D eigenvalue weighted by molar-refractivity contribution is -0.137. The summed E-state index contributed by atoms with van der Waals surface area (Å²) in [5.41, 5.74) is 2.72. The van der Waals surface area contributed by atoms with Gasteiger partial charge in [0.2, 0.25) is 0 Å². The number of benzene rings is 1. The van der Waals surface area contributed by atoms with Crippen LogP contribution in [0.5, 0.6) is 0 Å². The molecule has 1 heterocycles. The average molecular weight is 245 g/mol. The summed E-state index contributed by atoms with van der Waals surface area (Å²) in [7, 11) is 0. The van der Waals surface area contributed by atoms with Gasteiger partial charge in [-0.05, 0) is 43.2 Å². The van der Waals surface area contributed by atoms with Gasteiger partial charge >= 0.3 is 5.97 Å². The third kappa shape index (κ3) is 2.35. The van der Waals surface area contributed by atoms with Crippen LogP contribution in [-0.2, 0) is 11.2 Å². The maximum Gasteiger partial charge on any atom is 0.303 e. The van der Waals surface area contributed by atoms with Crippen LogP contribution >= 0.6 is 0 Å². The molecule has 0 amide bonds. The number of anilines is 1. The summed E-state index contributed by atoms with van der Waals surface area (Å²) in [6, 6.07) is 8.90. The molecule has 0 bridgehead atoms. The normalized spacial score (nSPS) is 22.0. The predicted octanol–water partition coefficient (Wildman–Crippen LogP) is 2.69. The Morgan fingerprint density at radius 1 is 1.33 bits per heavy atom. The van der Waals surface area contributed by atoms with Crippen molar-refractivity contribution in [2.75, 3.05) is 11.4 Å². The van der Waals surface area contributed by atoms with E-state index in [-0.39, 0.29) is 6.42 Å². The molecule has 3 rings (SSSR count). The van der Waals surface area contributed by atoms with E-state index in [1.54, 1.807) is 0 Å². The van der Waals surface area contributed by atoms with Gasteiger partial charge in [0.25, 0.3) is 0 Å². The summed E-state index contributed by atoms with van der Waals surface area (Å²) in [4.78, 5) is 13.2.